The van der Waals surface area contributed by atoms with E-state index in [0.717, 1.165) is 39.2 Å². The second-order valence-electron chi connectivity index (χ2n) is 7.86. The number of carbonyl (C=O) groups excluding carboxylic acids is 1. The molecule has 4 aromatic rings. The van der Waals surface area contributed by atoms with Crippen molar-refractivity contribution in [2.24, 2.45) is 0 Å². The molecule has 8 heteroatoms. The van der Waals surface area contributed by atoms with Gasteiger partial charge in [-0.25, -0.2) is 14.8 Å². The van der Waals surface area contributed by atoms with Crippen molar-refractivity contribution in [2.75, 3.05) is 11.9 Å². The maximum Gasteiger partial charge on any atom is 0.408 e. The van der Waals surface area contributed by atoms with Crippen molar-refractivity contribution >= 4 is 28.5 Å². The Morgan fingerprint density at radius 1 is 1.09 bits per heavy atom. The molecule has 1 aliphatic rings. The molecular formula is C26H21N5O3. The predicted octanol–water partition coefficient (Wildman–Crippen LogP) is 4.64. The van der Waals surface area contributed by atoms with E-state index < -0.39 is 6.09 Å². The van der Waals surface area contributed by atoms with Crippen LogP contribution in [0.25, 0.3) is 10.9 Å². The highest BCUT2D eigenvalue weighted by Gasteiger charge is 2.19. The number of nitrogens with zero attached hydrogens (tertiary/aromatic N) is 3. The van der Waals surface area contributed by atoms with Gasteiger partial charge in [-0.1, -0.05) is 11.8 Å². The van der Waals surface area contributed by atoms with E-state index in [1.54, 1.807) is 6.20 Å². The molecule has 1 fully saturated rings. The van der Waals surface area contributed by atoms with E-state index in [1.807, 2.05) is 62.4 Å². The Balaban J connectivity index is 1.37. The molecule has 0 saturated carbocycles. The lowest BCUT2D eigenvalue weighted by Gasteiger charge is -2.12. The SMILES string of the molecule is Cc1ccc(Oc2ccc(Nc3ncnc4ccc(C#CC5COC(=O)N5)cc34)cc2C)cn1. The van der Waals surface area contributed by atoms with Gasteiger partial charge in [0.15, 0.2) is 0 Å². The summed E-state index contributed by atoms with van der Waals surface area (Å²) in [5, 5.41) is 6.86. The van der Waals surface area contributed by atoms with Gasteiger partial charge < -0.3 is 20.1 Å². The highest BCUT2D eigenvalue weighted by atomic mass is 16.6. The van der Waals surface area contributed by atoms with Gasteiger partial charge in [-0.15, -0.1) is 0 Å². The van der Waals surface area contributed by atoms with E-state index in [4.69, 9.17) is 9.47 Å². The molecule has 168 valence electrons. The van der Waals surface area contributed by atoms with Crippen molar-refractivity contribution < 1.29 is 14.3 Å². The van der Waals surface area contributed by atoms with Crippen LogP contribution in [0, 0.1) is 25.7 Å². The number of cyclic esters (lactones) is 1. The van der Waals surface area contributed by atoms with Gasteiger partial charge in [0.2, 0.25) is 0 Å². The maximum atomic E-state index is 11.2. The first kappa shape index (κ1) is 21.2. The van der Waals surface area contributed by atoms with Crippen LogP contribution in [-0.4, -0.2) is 33.7 Å². The average molecular weight is 451 g/mol. The molecule has 3 heterocycles. The smallest absolute Gasteiger partial charge is 0.408 e. The topological polar surface area (TPSA) is 98.3 Å². The molecule has 2 aromatic carbocycles. The first-order valence-corrected chi connectivity index (χ1v) is 10.7. The van der Waals surface area contributed by atoms with Crippen LogP contribution in [0.1, 0.15) is 16.8 Å². The molecule has 0 radical (unpaired) electrons. The lowest BCUT2D eigenvalue weighted by molar-refractivity contribution is 0.177. The van der Waals surface area contributed by atoms with Gasteiger partial charge in [0.25, 0.3) is 0 Å². The third-order valence-corrected chi connectivity index (χ3v) is 5.25. The molecular weight excluding hydrogens is 430 g/mol. The molecule has 2 aromatic heterocycles. The number of alkyl carbamates (subject to hydrolysis) is 1. The van der Waals surface area contributed by atoms with Gasteiger partial charge in [0, 0.05) is 22.3 Å². The Morgan fingerprint density at radius 2 is 2.00 bits per heavy atom. The number of carbonyl (C=O) groups is 1. The van der Waals surface area contributed by atoms with E-state index in [0.29, 0.717) is 11.6 Å². The fraction of sp³-hybridized carbons (Fsp3) is 0.154. The van der Waals surface area contributed by atoms with Gasteiger partial charge >= 0.3 is 6.09 Å². The third-order valence-electron chi connectivity index (χ3n) is 5.25. The Bertz CT molecular complexity index is 1440. The third kappa shape index (κ3) is 4.74. The summed E-state index contributed by atoms with van der Waals surface area (Å²) in [6.45, 7) is 4.17. The summed E-state index contributed by atoms with van der Waals surface area (Å²) < 4.78 is 10.8. The largest absolute Gasteiger partial charge is 0.455 e. The molecule has 34 heavy (non-hydrogen) atoms. The molecule has 0 spiro atoms. The number of ether oxygens (including phenoxy) is 2. The molecule has 5 rings (SSSR count). The van der Waals surface area contributed by atoms with Gasteiger partial charge in [-0.2, -0.15) is 0 Å². The Hall–Kier alpha value is -4.64. The van der Waals surface area contributed by atoms with E-state index in [1.165, 1.54) is 6.33 Å². The fourth-order valence-electron chi connectivity index (χ4n) is 3.49. The number of aryl methyl sites for hydroxylation is 2. The first-order valence-electron chi connectivity index (χ1n) is 10.7. The number of anilines is 2. The van der Waals surface area contributed by atoms with Gasteiger partial charge in [-0.05, 0) is 67.9 Å². The van der Waals surface area contributed by atoms with Crippen molar-refractivity contribution in [1.82, 2.24) is 20.3 Å². The number of hydrogen-bond acceptors (Lipinski definition) is 7. The quantitative estimate of drug-likeness (QED) is 0.436. The number of nitrogens with one attached hydrogen (secondary N) is 2. The molecule has 1 atom stereocenters. The Kier molecular flexibility index (Phi) is 5.67. The number of amides is 1. The Labute approximate surface area is 196 Å². The standard InChI is InChI=1S/C26H21N5O3/c1-16-11-19(7-10-24(16)34-21-8-3-17(2)27-13-21)30-25-22-12-18(5-9-23(22)28-15-29-25)4-6-20-14-33-26(32)31-20/h3,5,7-13,15,20H,14H2,1-2H3,(H,31,32)(H,28,29,30). The molecule has 0 bridgehead atoms. The van der Waals surface area contributed by atoms with Crippen molar-refractivity contribution in [3.05, 3.63) is 77.9 Å². The van der Waals surface area contributed by atoms with Gasteiger partial charge in [-0.3, -0.25) is 4.98 Å². The maximum absolute atomic E-state index is 11.2. The zero-order valence-electron chi connectivity index (χ0n) is 18.6. The number of benzene rings is 2. The average Bonchev–Trinajstić information content (AvgIpc) is 3.26. The van der Waals surface area contributed by atoms with Crippen molar-refractivity contribution in [3.63, 3.8) is 0 Å². The highest BCUT2D eigenvalue weighted by Crippen LogP contribution is 2.29. The van der Waals surface area contributed by atoms with E-state index in [9.17, 15) is 4.79 Å². The highest BCUT2D eigenvalue weighted by molar-refractivity contribution is 5.91. The van der Waals surface area contributed by atoms with Crippen LogP contribution in [0.4, 0.5) is 16.3 Å². The molecule has 8 nitrogen and oxygen atoms in total. The molecule has 1 amide bonds. The minimum Gasteiger partial charge on any atom is -0.455 e. The number of fused-ring (bicyclic) bond motifs is 1. The first-order chi connectivity index (χ1) is 16.5. The van der Waals surface area contributed by atoms with Crippen LogP contribution < -0.4 is 15.4 Å². The zero-order chi connectivity index (χ0) is 23.5. The molecule has 1 saturated heterocycles. The van der Waals surface area contributed by atoms with Crippen LogP contribution in [0.15, 0.2) is 61.1 Å². The summed E-state index contributed by atoms with van der Waals surface area (Å²) in [7, 11) is 0. The molecule has 2 N–H and O–H groups in total. The molecule has 1 aliphatic heterocycles. The minimum absolute atomic E-state index is 0.245. The van der Waals surface area contributed by atoms with Gasteiger partial charge in [0.1, 0.15) is 36.3 Å². The normalized spacial score (nSPS) is 14.6. The molecule has 1 unspecified atom stereocenters. The second-order valence-corrected chi connectivity index (χ2v) is 7.86. The predicted molar refractivity (Wildman–Crippen MR) is 128 cm³/mol. The van der Waals surface area contributed by atoms with E-state index in [-0.39, 0.29) is 12.6 Å². The summed E-state index contributed by atoms with van der Waals surface area (Å²) in [4.78, 5) is 24.2. The van der Waals surface area contributed by atoms with Crippen molar-refractivity contribution in [3.8, 4) is 23.3 Å². The minimum atomic E-state index is -0.444. The number of pyridine rings is 1. The summed E-state index contributed by atoms with van der Waals surface area (Å²) in [6.07, 6.45) is 2.79. The van der Waals surface area contributed by atoms with Gasteiger partial charge in [0.05, 0.1) is 11.7 Å². The fourth-order valence-corrected chi connectivity index (χ4v) is 3.49. The zero-order valence-corrected chi connectivity index (χ0v) is 18.6. The Morgan fingerprint density at radius 3 is 2.76 bits per heavy atom. The van der Waals surface area contributed by atoms with Crippen molar-refractivity contribution in [2.45, 2.75) is 19.9 Å². The lowest BCUT2D eigenvalue weighted by atomic mass is 10.1. The number of aromatic nitrogens is 3. The summed E-state index contributed by atoms with van der Waals surface area (Å²) in [5.41, 5.74) is 4.36. The lowest BCUT2D eigenvalue weighted by Crippen LogP contribution is -2.24. The van der Waals surface area contributed by atoms with Crippen LogP contribution in [-0.2, 0) is 4.74 Å². The number of hydrogen-bond donors (Lipinski definition) is 2. The van der Waals surface area contributed by atoms with Crippen LogP contribution in [0.2, 0.25) is 0 Å². The number of rotatable bonds is 4. The monoisotopic (exact) mass is 451 g/mol. The van der Waals surface area contributed by atoms with E-state index >= 15 is 0 Å². The molecule has 0 aliphatic carbocycles. The summed E-state index contributed by atoms with van der Waals surface area (Å²) in [5.74, 6) is 8.21. The summed E-state index contributed by atoms with van der Waals surface area (Å²) in [6, 6.07) is 15.1. The van der Waals surface area contributed by atoms with E-state index in [2.05, 4.69) is 37.4 Å². The van der Waals surface area contributed by atoms with Crippen molar-refractivity contribution in [1.29, 1.82) is 0 Å². The van der Waals surface area contributed by atoms with Crippen LogP contribution >= 0.6 is 0 Å². The summed E-state index contributed by atoms with van der Waals surface area (Å²) >= 11 is 0. The van der Waals surface area contributed by atoms with Crippen LogP contribution in [0.3, 0.4) is 0 Å². The van der Waals surface area contributed by atoms with Crippen LogP contribution in [0.5, 0.6) is 11.5 Å². The second kappa shape index (κ2) is 9.08.